The van der Waals surface area contributed by atoms with Crippen LogP contribution in [0, 0.1) is 5.92 Å². The van der Waals surface area contributed by atoms with Crippen LogP contribution in [0.3, 0.4) is 0 Å². The standard InChI is InChI=1S/C12H22O2/c1-10-6-2-3-7-11(10)14-12-8-4-5-9-13-12/h10-12H,2-9H2,1H3/t10-,11+,12?/m1/s1. The van der Waals surface area contributed by atoms with Crippen LogP contribution in [0.1, 0.15) is 51.9 Å². The summed E-state index contributed by atoms with van der Waals surface area (Å²) in [4.78, 5) is 0. The zero-order valence-corrected chi connectivity index (χ0v) is 9.21. The lowest BCUT2D eigenvalue weighted by molar-refractivity contribution is -0.202. The van der Waals surface area contributed by atoms with Gasteiger partial charge in [-0.1, -0.05) is 19.8 Å². The molecular formula is C12H22O2. The maximum Gasteiger partial charge on any atom is 0.157 e. The molecule has 82 valence electrons. The number of ether oxygens (including phenoxy) is 2. The molecule has 1 aliphatic heterocycles. The highest BCUT2D eigenvalue weighted by Gasteiger charge is 2.26. The van der Waals surface area contributed by atoms with Gasteiger partial charge in [0.05, 0.1) is 6.10 Å². The molecule has 2 aliphatic rings. The first-order chi connectivity index (χ1) is 6.86. The van der Waals surface area contributed by atoms with Gasteiger partial charge in [0.2, 0.25) is 0 Å². The summed E-state index contributed by atoms with van der Waals surface area (Å²) in [5.74, 6) is 0.731. The van der Waals surface area contributed by atoms with Crippen LogP contribution in [-0.2, 0) is 9.47 Å². The molecule has 0 spiro atoms. The van der Waals surface area contributed by atoms with E-state index in [1.54, 1.807) is 0 Å². The zero-order valence-electron chi connectivity index (χ0n) is 9.21. The first kappa shape index (κ1) is 10.4. The van der Waals surface area contributed by atoms with Gasteiger partial charge in [0.15, 0.2) is 6.29 Å². The van der Waals surface area contributed by atoms with Gasteiger partial charge in [-0.05, 0) is 38.0 Å². The fourth-order valence-electron chi connectivity index (χ4n) is 2.50. The van der Waals surface area contributed by atoms with Crippen LogP contribution in [0.25, 0.3) is 0 Å². The van der Waals surface area contributed by atoms with Gasteiger partial charge in [-0.25, -0.2) is 0 Å². The van der Waals surface area contributed by atoms with Gasteiger partial charge in [-0.15, -0.1) is 0 Å². The van der Waals surface area contributed by atoms with Crippen LogP contribution in [0.2, 0.25) is 0 Å². The Hall–Kier alpha value is -0.0800. The van der Waals surface area contributed by atoms with E-state index in [0.717, 1.165) is 18.9 Å². The largest absolute Gasteiger partial charge is 0.353 e. The van der Waals surface area contributed by atoms with Crippen molar-refractivity contribution in [2.75, 3.05) is 6.61 Å². The molecule has 0 N–H and O–H groups in total. The van der Waals surface area contributed by atoms with Crippen LogP contribution >= 0.6 is 0 Å². The lowest BCUT2D eigenvalue weighted by Gasteiger charge is -2.33. The topological polar surface area (TPSA) is 18.5 Å². The van der Waals surface area contributed by atoms with Crippen molar-refractivity contribution in [2.24, 2.45) is 5.92 Å². The van der Waals surface area contributed by atoms with Gasteiger partial charge in [-0.2, -0.15) is 0 Å². The molecule has 1 unspecified atom stereocenters. The van der Waals surface area contributed by atoms with Crippen LogP contribution in [0.15, 0.2) is 0 Å². The van der Waals surface area contributed by atoms with E-state index in [9.17, 15) is 0 Å². The highest BCUT2D eigenvalue weighted by atomic mass is 16.7. The molecule has 3 atom stereocenters. The van der Waals surface area contributed by atoms with Crippen LogP contribution < -0.4 is 0 Å². The highest BCUT2D eigenvalue weighted by Crippen LogP contribution is 2.28. The summed E-state index contributed by atoms with van der Waals surface area (Å²) in [6.07, 6.45) is 9.43. The number of rotatable bonds is 2. The summed E-state index contributed by atoms with van der Waals surface area (Å²) in [7, 11) is 0. The minimum absolute atomic E-state index is 0.106. The van der Waals surface area contributed by atoms with Crippen molar-refractivity contribution in [1.82, 2.24) is 0 Å². The van der Waals surface area contributed by atoms with Gasteiger partial charge in [0.25, 0.3) is 0 Å². The monoisotopic (exact) mass is 198 g/mol. The molecule has 0 radical (unpaired) electrons. The van der Waals surface area contributed by atoms with Crippen molar-refractivity contribution in [3.8, 4) is 0 Å². The first-order valence-corrected chi connectivity index (χ1v) is 6.13. The second-order valence-electron chi connectivity index (χ2n) is 4.73. The van der Waals surface area contributed by atoms with E-state index in [1.165, 1.54) is 38.5 Å². The third-order valence-corrected chi connectivity index (χ3v) is 3.50. The van der Waals surface area contributed by atoms with E-state index in [2.05, 4.69) is 6.92 Å². The SMILES string of the molecule is C[C@@H]1CCCC[C@@H]1OC1CCCCO1. The molecule has 0 aromatic rings. The molecule has 1 aliphatic carbocycles. The molecule has 1 heterocycles. The summed E-state index contributed by atoms with van der Waals surface area (Å²) in [6, 6.07) is 0. The predicted molar refractivity (Wildman–Crippen MR) is 56.1 cm³/mol. The molecular weight excluding hydrogens is 176 g/mol. The Morgan fingerprint density at radius 1 is 1.00 bits per heavy atom. The lowest BCUT2D eigenvalue weighted by Crippen LogP contribution is -2.33. The van der Waals surface area contributed by atoms with E-state index in [0.29, 0.717) is 6.10 Å². The minimum Gasteiger partial charge on any atom is -0.353 e. The highest BCUT2D eigenvalue weighted by molar-refractivity contribution is 4.73. The van der Waals surface area contributed by atoms with Crippen LogP contribution in [0.5, 0.6) is 0 Å². The van der Waals surface area contributed by atoms with Gasteiger partial charge < -0.3 is 9.47 Å². The average molecular weight is 198 g/mol. The molecule has 0 bridgehead atoms. The maximum atomic E-state index is 6.02. The molecule has 0 aromatic heterocycles. The van der Waals surface area contributed by atoms with Crippen LogP contribution in [0.4, 0.5) is 0 Å². The lowest BCUT2D eigenvalue weighted by atomic mass is 9.88. The maximum absolute atomic E-state index is 6.02. The molecule has 0 aromatic carbocycles. The molecule has 2 heteroatoms. The number of hydrogen-bond donors (Lipinski definition) is 0. The fourth-order valence-corrected chi connectivity index (χ4v) is 2.50. The quantitative estimate of drug-likeness (QED) is 0.678. The molecule has 2 nitrogen and oxygen atoms in total. The first-order valence-electron chi connectivity index (χ1n) is 6.13. The van der Waals surface area contributed by atoms with Gasteiger partial charge in [0, 0.05) is 6.61 Å². The molecule has 1 saturated carbocycles. The van der Waals surface area contributed by atoms with Gasteiger partial charge in [-0.3, -0.25) is 0 Å². The normalized spacial score (nSPS) is 39.6. The van der Waals surface area contributed by atoms with E-state index in [1.807, 2.05) is 0 Å². The van der Waals surface area contributed by atoms with E-state index in [-0.39, 0.29) is 6.29 Å². The molecule has 0 amide bonds. The third-order valence-electron chi connectivity index (χ3n) is 3.50. The summed E-state index contributed by atoms with van der Waals surface area (Å²) < 4.78 is 11.6. The minimum atomic E-state index is 0.106. The smallest absolute Gasteiger partial charge is 0.157 e. The van der Waals surface area contributed by atoms with E-state index < -0.39 is 0 Å². The summed E-state index contributed by atoms with van der Waals surface area (Å²) >= 11 is 0. The average Bonchev–Trinajstić information content (AvgIpc) is 2.23. The van der Waals surface area contributed by atoms with E-state index in [4.69, 9.17) is 9.47 Å². The Morgan fingerprint density at radius 2 is 1.79 bits per heavy atom. The molecule has 2 fully saturated rings. The number of hydrogen-bond acceptors (Lipinski definition) is 2. The Bertz CT molecular complexity index is 164. The molecule has 2 rings (SSSR count). The van der Waals surface area contributed by atoms with Gasteiger partial charge >= 0.3 is 0 Å². The Morgan fingerprint density at radius 3 is 2.50 bits per heavy atom. The second kappa shape index (κ2) is 5.13. The van der Waals surface area contributed by atoms with Crippen molar-refractivity contribution < 1.29 is 9.47 Å². The van der Waals surface area contributed by atoms with Crippen LogP contribution in [-0.4, -0.2) is 19.0 Å². The summed E-state index contributed by atoms with van der Waals surface area (Å²) in [6.45, 7) is 3.21. The predicted octanol–water partition coefficient (Wildman–Crippen LogP) is 3.11. The van der Waals surface area contributed by atoms with Gasteiger partial charge in [0.1, 0.15) is 0 Å². The van der Waals surface area contributed by atoms with Crippen molar-refractivity contribution in [3.05, 3.63) is 0 Å². The van der Waals surface area contributed by atoms with Crippen molar-refractivity contribution in [3.63, 3.8) is 0 Å². The van der Waals surface area contributed by atoms with Crippen molar-refractivity contribution in [2.45, 2.75) is 64.3 Å². The Balaban J connectivity index is 1.76. The summed E-state index contributed by atoms with van der Waals surface area (Å²) in [5, 5.41) is 0. The molecule has 14 heavy (non-hydrogen) atoms. The van der Waals surface area contributed by atoms with Crippen molar-refractivity contribution >= 4 is 0 Å². The second-order valence-corrected chi connectivity index (χ2v) is 4.73. The van der Waals surface area contributed by atoms with Crippen molar-refractivity contribution in [1.29, 1.82) is 0 Å². The third kappa shape index (κ3) is 2.71. The summed E-state index contributed by atoms with van der Waals surface area (Å²) in [5.41, 5.74) is 0. The zero-order chi connectivity index (χ0) is 9.80. The fraction of sp³-hybridized carbons (Fsp3) is 1.00. The van der Waals surface area contributed by atoms with E-state index >= 15 is 0 Å². The Labute approximate surface area is 87.0 Å². The Kier molecular flexibility index (Phi) is 3.82. The molecule has 1 saturated heterocycles.